The van der Waals surface area contributed by atoms with Gasteiger partial charge >= 0.3 is 5.97 Å². The molecule has 1 saturated heterocycles. The minimum atomic E-state index is -0.564. The molecule has 1 aliphatic heterocycles. The van der Waals surface area contributed by atoms with E-state index >= 15 is 0 Å². The van der Waals surface area contributed by atoms with Crippen molar-refractivity contribution in [3.8, 4) is 0 Å². The minimum Gasteiger partial charge on any atom is -0.456 e. The Morgan fingerprint density at radius 2 is 2.00 bits per heavy atom. The number of nitro benzene ring substituents is 1. The van der Waals surface area contributed by atoms with Crippen molar-refractivity contribution in [3.63, 3.8) is 0 Å². The predicted molar refractivity (Wildman–Crippen MR) is 81.7 cm³/mol. The molecule has 0 radical (unpaired) electrons. The Balaban J connectivity index is 2.14. The van der Waals surface area contributed by atoms with E-state index in [1.165, 1.54) is 6.07 Å². The summed E-state index contributed by atoms with van der Waals surface area (Å²) in [5.74, 6) is -0.176. The van der Waals surface area contributed by atoms with Crippen molar-refractivity contribution < 1.29 is 19.8 Å². The SMILES string of the molecule is Cc1ccc(C(=O)OC(C)(C)C2CC[NH2+]CC2)cc1[N+](=O)[O-]. The summed E-state index contributed by atoms with van der Waals surface area (Å²) >= 11 is 0. The number of carbonyl (C=O) groups is 1. The van der Waals surface area contributed by atoms with Gasteiger partial charge < -0.3 is 10.1 Å². The number of benzene rings is 1. The maximum Gasteiger partial charge on any atom is 0.338 e. The number of rotatable bonds is 4. The van der Waals surface area contributed by atoms with Crippen LogP contribution in [0.1, 0.15) is 42.6 Å². The first-order valence-electron chi connectivity index (χ1n) is 7.61. The van der Waals surface area contributed by atoms with Crippen molar-refractivity contribution in [1.29, 1.82) is 0 Å². The maximum absolute atomic E-state index is 12.3. The maximum atomic E-state index is 12.3. The molecular formula is C16H23N2O4+. The second-order valence-corrected chi connectivity index (χ2v) is 6.39. The number of ether oxygens (including phenoxy) is 1. The second-order valence-electron chi connectivity index (χ2n) is 6.39. The molecular weight excluding hydrogens is 284 g/mol. The van der Waals surface area contributed by atoms with Crippen molar-refractivity contribution in [2.75, 3.05) is 13.1 Å². The van der Waals surface area contributed by atoms with Crippen molar-refractivity contribution in [2.24, 2.45) is 5.92 Å². The van der Waals surface area contributed by atoms with Crippen molar-refractivity contribution in [2.45, 2.75) is 39.2 Å². The van der Waals surface area contributed by atoms with Gasteiger partial charge in [-0.3, -0.25) is 10.1 Å². The number of aryl methyl sites for hydroxylation is 1. The van der Waals surface area contributed by atoms with E-state index in [2.05, 4.69) is 5.32 Å². The quantitative estimate of drug-likeness (QED) is 0.522. The van der Waals surface area contributed by atoms with Crippen LogP contribution in [0.2, 0.25) is 0 Å². The fourth-order valence-electron chi connectivity index (χ4n) is 2.94. The number of nitrogens with two attached hydrogens (primary N) is 1. The highest BCUT2D eigenvalue weighted by atomic mass is 16.6. The van der Waals surface area contributed by atoms with E-state index in [1.807, 2.05) is 13.8 Å². The topological polar surface area (TPSA) is 86.0 Å². The number of nitrogens with zero attached hydrogens (tertiary/aromatic N) is 1. The Kier molecular flexibility index (Phi) is 4.81. The molecule has 0 aromatic heterocycles. The average molecular weight is 307 g/mol. The lowest BCUT2D eigenvalue weighted by Gasteiger charge is -2.35. The summed E-state index contributed by atoms with van der Waals surface area (Å²) in [6, 6.07) is 4.45. The molecule has 2 rings (SSSR count). The highest BCUT2D eigenvalue weighted by molar-refractivity contribution is 5.90. The summed E-state index contributed by atoms with van der Waals surface area (Å²) in [6.07, 6.45) is 2.02. The van der Waals surface area contributed by atoms with Crippen LogP contribution in [0.4, 0.5) is 5.69 Å². The normalized spacial score (nSPS) is 16.3. The van der Waals surface area contributed by atoms with Crippen LogP contribution in [0.5, 0.6) is 0 Å². The average Bonchev–Trinajstić information content (AvgIpc) is 2.47. The minimum absolute atomic E-state index is 0.0560. The molecule has 6 heteroatoms. The summed E-state index contributed by atoms with van der Waals surface area (Å²) in [4.78, 5) is 22.8. The fourth-order valence-corrected chi connectivity index (χ4v) is 2.94. The zero-order valence-electron chi connectivity index (χ0n) is 13.3. The molecule has 0 spiro atoms. The van der Waals surface area contributed by atoms with Crippen molar-refractivity contribution in [1.82, 2.24) is 0 Å². The Morgan fingerprint density at radius 1 is 1.36 bits per heavy atom. The van der Waals surface area contributed by atoms with Gasteiger partial charge in [-0.15, -0.1) is 0 Å². The van der Waals surface area contributed by atoms with Gasteiger partial charge in [0.1, 0.15) is 5.60 Å². The summed E-state index contributed by atoms with van der Waals surface area (Å²) in [5, 5.41) is 13.2. The van der Waals surface area contributed by atoms with Crippen LogP contribution in [-0.4, -0.2) is 29.6 Å². The molecule has 1 heterocycles. The van der Waals surface area contributed by atoms with Crippen molar-refractivity contribution >= 4 is 11.7 Å². The first-order valence-corrected chi connectivity index (χ1v) is 7.61. The van der Waals surface area contributed by atoms with Crippen LogP contribution >= 0.6 is 0 Å². The Bertz CT molecular complexity index is 578. The number of hydrogen-bond acceptors (Lipinski definition) is 4. The second kappa shape index (κ2) is 6.44. The van der Waals surface area contributed by atoms with Gasteiger partial charge in [-0.25, -0.2) is 4.79 Å². The fraction of sp³-hybridized carbons (Fsp3) is 0.562. The van der Waals surface area contributed by atoms with Gasteiger partial charge in [0.15, 0.2) is 0 Å². The molecule has 0 amide bonds. The number of hydrogen-bond donors (Lipinski definition) is 1. The Hall–Kier alpha value is -1.95. The Labute approximate surface area is 130 Å². The van der Waals surface area contributed by atoms with E-state index in [1.54, 1.807) is 19.1 Å². The molecule has 2 N–H and O–H groups in total. The van der Waals surface area contributed by atoms with Gasteiger partial charge in [-0.05, 0) is 26.8 Å². The van der Waals surface area contributed by atoms with Crippen LogP contribution in [0.15, 0.2) is 18.2 Å². The van der Waals surface area contributed by atoms with Crippen LogP contribution in [0.25, 0.3) is 0 Å². The molecule has 1 fully saturated rings. The molecule has 0 aliphatic carbocycles. The predicted octanol–water partition coefficient (Wildman–Crippen LogP) is 1.81. The number of nitro groups is 1. The van der Waals surface area contributed by atoms with E-state index < -0.39 is 16.5 Å². The molecule has 6 nitrogen and oxygen atoms in total. The molecule has 0 unspecified atom stereocenters. The van der Waals surface area contributed by atoms with E-state index in [0.29, 0.717) is 11.5 Å². The van der Waals surface area contributed by atoms with Crippen LogP contribution in [0.3, 0.4) is 0 Å². The molecule has 1 aliphatic rings. The van der Waals surface area contributed by atoms with Crippen molar-refractivity contribution in [3.05, 3.63) is 39.4 Å². The number of piperidine rings is 1. The van der Waals surface area contributed by atoms with E-state index in [-0.39, 0.29) is 11.3 Å². The molecule has 1 aromatic carbocycles. The number of carbonyl (C=O) groups excluding carboxylic acids is 1. The largest absolute Gasteiger partial charge is 0.456 e. The van der Waals surface area contributed by atoms with Gasteiger partial charge in [0.05, 0.1) is 23.6 Å². The monoisotopic (exact) mass is 307 g/mol. The molecule has 120 valence electrons. The molecule has 0 bridgehead atoms. The lowest BCUT2D eigenvalue weighted by molar-refractivity contribution is -0.665. The third-order valence-corrected chi connectivity index (χ3v) is 4.42. The summed E-state index contributed by atoms with van der Waals surface area (Å²) in [7, 11) is 0. The van der Waals surface area contributed by atoms with Gasteiger partial charge in [0.25, 0.3) is 5.69 Å². The number of esters is 1. The highest BCUT2D eigenvalue weighted by Gasteiger charge is 2.35. The van der Waals surface area contributed by atoms with Gasteiger partial charge in [-0.2, -0.15) is 0 Å². The smallest absolute Gasteiger partial charge is 0.338 e. The van der Waals surface area contributed by atoms with Gasteiger partial charge in [0.2, 0.25) is 0 Å². The first kappa shape index (κ1) is 16.4. The van der Waals surface area contributed by atoms with Gasteiger partial charge in [-0.1, -0.05) is 6.07 Å². The van der Waals surface area contributed by atoms with E-state index in [4.69, 9.17) is 4.74 Å². The third kappa shape index (κ3) is 3.62. The van der Waals surface area contributed by atoms with E-state index in [0.717, 1.165) is 25.9 Å². The standard InChI is InChI=1S/C16H22N2O4/c1-11-4-5-12(10-14(11)18(20)21)15(19)22-16(2,3)13-6-8-17-9-7-13/h4-5,10,13,17H,6-9H2,1-3H3/p+1. The lowest BCUT2D eigenvalue weighted by atomic mass is 9.83. The van der Waals surface area contributed by atoms with Crippen LogP contribution in [0, 0.1) is 23.0 Å². The molecule has 22 heavy (non-hydrogen) atoms. The summed E-state index contributed by atoms with van der Waals surface area (Å²) < 4.78 is 5.66. The lowest BCUT2D eigenvalue weighted by Crippen LogP contribution is -2.86. The Morgan fingerprint density at radius 3 is 2.59 bits per heavy atom. The molecule has 0 atom stereocenters. The van der Waals surface area contributed by atoms with Gasteiger partial charge in [0, 0.05) is 30.4 Å². The highest BCUT2D eigenvalue weighted by Crippen LogP contribution is 2.29. The molecule has 0 saturated carbocycles. The number of quaternary nitrogens is 1. The van der Waals surface area contributed by atoms with Crippen LogP contribution < -0.4 is 5.32 Å². The molecule has 1 aromatic rings. The third-order valence-electron chi connectivity index (χ3n) is 4.42. The summed E-state index contributed by atoms with van der Waals surface area (Å²) in [5.41, 5.74) is 0.140. The zero-order chi connectivity index (χ0) is 16.3. The summed E-state index contributed by atoms with van der Waals surface area (Å²) in [6.45, 7) is 7.58. The van der Waals surface area contributed by atoms with E-state index in [9.17, 15) is 14.9 Å². The first-order chi connectivity index (χ1) is 10.3. The van der Waals surface area contributed by atoms with Crippen LogP contribution in [-0.2, 0) is 4.74 Å². The zero-order valence-corrected chi connectivity index (χ0v) is 13.3.